The van der Waals surface area contributed by atoms with Gasteiger partial charge < -0.3 is 4.74 Å². The van der Waals surface area contributed by atoms with Gasteiger partial charge in [0.25, 0.3) is 5.56 Å². The van der Waals surface area contributed by atoms with Crippen LogP contribution in [0.25, 0.3) is 15.9 Å². The fourth-order valence-corrected chi connectivity index (χ4v) is 6.61. The zero-order valence-corrected chi connectivity index (χ0v) is 19.0. The first-order valence-electron chi connectivity index (χ1n) is 10.8. The lowest BCUT2D eigenvalue weighted by Gasteiger charge is -2.26. The van der Waals surface area contributed by atoms with Crippen LogP contribution in [0, 0.1) is 6.92 Å². The molecule has 1 fully saturated rings. The summed E-state index contributed by atoms with van der Waals surface area (Å²) in [5.74, 6) is 0.912. The van der Waals surface area contributed by atoms with Crippen LogP contribution in [0.5, 0.6) is 0 Å². The molecule has 1 saturated heterocycles. The number of hydrogen-bond donors (Lipinski definition) is 0. The Labute approximate surface area is 185 Å². The van der Waals surface area contributed by atoms with Gasteiger partial charge >= 0.3 is 0 Å². The van der Waals surface area contributed by atoms with Crippen LogP contribution in [0.1, 0.15) is 28.8 Å². The molecular formula is C23H27N3O2S2. The topological polar surface area (TPSA) is 47.4 Å². The summed E-state index contributed by atoms with van der Waals surface area (Å²) in [4.78, 5) is 23.5. The largest absolute Gasteiger partial charge is 0.379 e. The molecule has 5 nitrogen and oxygen atoms in total. The van der Waals surface area contributed by atoms with Crippen LogP contribution in [0.4, 0.5) is 0 Å². The van der Waals surface area contributed by atoms with Gasteiger partial charge in [-0.25, -0.2) is 4.98 Å². The fraction of sp³-hybridized carbons (Fsp3) is 0.478. The second-order valence-corrected chi connectivity index (χ2v) is 10.2. The molecule has 0 unspecified atom stereocenters. The molecule has 1 aliphatic heterocycles. The summed E-state index contributed by atoms with van der Waals surface area (Å²) in [5.41, 5.74) is 3.45. The Bertz CT molecular complexity index is 1100. The molecule has 2 aliphatic rings. The van der Waals surface area contributed by atoms with Crippen LogP contribution < -0.4 is 5.56 Å². The van der Waals surface area contributed by atoms with Crippen molar-refractivity contribution in [1.82, 2.24) is 14.5 Å². The van der Waals surface area contributed by atoms with Crippen LogP contribution >= 0.6 is 23.1 Å². The molecule has 0 bridgehead atoms. The number of thiophene rings is 1. The normalized spacial score (nSPS) is 17.4. The van der Waals surface area contributed by atoms with Crippen molar-refractivity contribution in [2.45, 2.75) is 37.8 Å². The Morgan fingerprint density at radius 2 is 1.90 bits per heavy atom. The maximum Gasteiger partial charge on any atom is 0.267 e. The van der Waals surface area contributed by atoms with E-state index in [0.717, 1.165) is 72.5 Å². The van der Waals surface area contributed by atoms with Crippen LogP contribution in [-0.2, 0) is 17.6 Å². The molecule has 3 heterocycles. The van der Waals surface area contributed by atoms with Gasteiger partial charge in [0.05, 0.1) is 24.3 Å². The highest BCUT2D eigenvalue weighted by atomic mass is 32.2. The van der Waals surface area contributed by atoms with Gasteiger partial charge in [-0.1, -0.05) is 29.5 Å². The van der Waals surface area contributed by atoms with Gasteiger partial charge in [0.2, 0.25) is 0 Å². The number of ether oxygens (including phenoxy) is 1. The molecular weight excluding hydrogens is 414 g/mol. The molecule has 0 saturated carbocycles. The number of hydrogen-bond acceptors (Lipinski definition) is 6. The van der Waals surface area contributed by atoms with E-state index in [1.54, 1.807) is 23.1 Å². The highest BCUT2D eigenvalue weighted by molar-refractivity contribution is 7.99. The van der Waals surface area contributed by atoms with E-state index in [0.29, 0.717) is 0 Å². The van der Waals surface area contributed by atoms with Crippen molar-refractivity contribution in [3.8, 4) is 5.69 Å². The number of aryl methyl sites for hydroxylation is 3. The molecule has 0 spiro atoms. The number of fused-ring (bicyclic) bond motifs is 3. The molecule has 3 aromatic rings. The Morgan fingerprint density at radius 3 is 2.70 bits per heavy atom. The Kier molecular flexibility index (Phi) is 5.96. The number of aromatic nitrogens is 2. The van der Waals surface area contributed by atoms with Crippen molar-refractivity contribution >= 4 is 33.3 Å². The van der Waals surface area contributed by atoms with Gasteiger partial charge in [-0.2, -0.15) is 0 Å². The minimum Gasteiger partial charge on any atom is -0.379 e. The van der Waals surface area contributed by atoms with Crippen molar-refractivity contribution in [2.75, 3.05) is 38.6 Å². The van der Waals surface area contributed by atoms with E-state index in [4.69, 9.17) is 9.72 Å². The van der Waals surface area contributed by atoms with Gasteiger partial charge in [-0.3, -0.25) is 14.3 Å². The van der Waals surface area contributed by atoms with E-state index < -0.39 is 0 Å². The molecule has 0 N–H and O–H groups in total. The van der Waals surface area contributed by atoms with Crippen LogP contribution in [-0.4, -0.2) is 53.1 Å². The average Bonchev–Trinajstić information content (AvgIpc) is 3.14. The number of rotatable bonds is 5. The molecule has 0 atom stereocenters. The highest BCUT2D eigenvalue weighted by Crippen LogP contribution is 2.35. The third-order valence-electron chi connectivity index (χ3n) is 5.99. The van der Waals surface area contributed by atoms with E-state index >= 15 is 0 Å². The molecule has 0 radical (unpaired) electrons. The second kappa shape index (κ2) is 8.83. The Morgan fingerprint density at radius 1 is 1.13 bits per heavy atom. The van der Waals surface area contributed by atoms with E-state index in [1.165, 1.54) is 28.8 Å². The van der Waals surface area contributed by atoms with E-state index in [2.05, 4.69) is 24.0 Å². The Balaban J connectivity index is 1.54. The molecule has 5 rings (SSSR count). The molecule has 30 heavy (non-hydrogen) atoms. The summed E-state index contributed by atoms with van der Waals surface area (Å²) < 4.78 is 7.29. The number of nitrogens with zero attached hydrogens (tertiary/aromatic N) is 3. The van der Waals surface area contributed by atoms with Crippen LogP contribution in [0.15, 0.2) is 34.2 Å². The summed E-state index contributed by atoms with van der Waals surface area (Å²) in [6, 6.07) is 8.21. The number of thioether (sulfide) groups is 1. The van der Waals surface area contributed by atoms with Crippen molar-refractivity contribution in [1.29, 1.82) is 0 Å². The predicted octanol–water partition coefficient (Wildman–Crippen LogP) is 4.06. The highest BCUT2D eigenvalue weighted by Gasteiger charge is 2.23. The SMILES string of the molecule is Cc1ccc(-n2c(SCCN3CCOCC3)nc3sc4c(c3c2=O)CCCC4)cc1. The maximum atomic E-state index is 13.7. The third-order valence-corrected chi connectivity index (χ3v) is 8.10. The lowest BCUT2D eigenvalue weighted by molar-refractivity contribution is 0.0410. The third kappa shape index (κ3) is 3.96. The van der Waals surface area contributed by atoms with Gasteiger partial charge in [0, 0.05) is 30.3 Å². The van der Waals surface area contributed by atoms with Gasteiger partial charge in [0.15, 0.2) is 5.16 Å². The summed E-state index contributed by atoms with van der Waals surface area (Å²) in [5, 5.41) is 1.66. The average molecular weight is 442 g/mol. The smallest absolute Gasteiger partial charge is 0.267 e. The summed E-state index contributed by atoms with van der Waals surface area (Å²) in [7, 11) is 0. The van der Waals surface area contributed by atoms with Crippen molar-refractivity contribution in [3.63, 3.8) is 0 Å². The first kappa shape index (κ1) is 20.2. The zero-order chi connectivity index (χ0) is 20.5. The minimum atomic E-state index is 0.0946. The molecule has 1 aliphatic carbocycles. The van der Waals surface area contributed by atoms with Crippen LogP contribution in [0.2, 0.25) is 0 Å². The summed E-state index contributed by atoms with van der Waals surface area (Å²) in [6.07, 6.45) is 4.47. The predicted molar refractivity (Wildman–Crippen MR) is 125 cm³/mol. The zero-order valence-electron chi connectivity index (χ0n) is 17.4. The van der Waals surface area contributed by atoms with Crippen LogP contribution in [0.3, 0.4) is 0 Å². The first-order chi connectivity index (χ1) is 14.7. The summed E-state index contributed by atoms with van der Waals surface area (Å²) >= 11 is 3.42. The monoisotopic (exact) mass is 441 g/mol. The lowest BCUT2D eigenvalue weighted by Crippen LogP contribution is -2.37. The summed E-state index contributed by atoms with van der Waals surface area (Å²) in [6.45, 7) is 6.64. The molecule has 7 heteroatoms. The fourth-order valence-electron chi connectivity index (χ4n) is 4.30. The lowest BCUT2D eigenvalue weighted by atomic mass is 9.97. The van der Waals surface area contributed by atoms with E-state index in [-0.39, 0.29) is 5.56 Å². The minimum absolute atomic E-state index is 0.0946. The molecule has 158 valence electrons. The van der Waals surface area contributed by atoms with Crippen molar-refractivity contribution in [2.24, 2.45) is 0 Å². The molecule has 1 aromatic carbocycles. The van der Waals surface area contributed by atoms with Gasteiger partial charge in [-0.15, -0.1) is 11.3 Å². The van der Waals surface area contributed by atoms with Crippen molar-refractivity contribution in [3.05, 3.63) is 50.6 Å². The maximum absolute atomic E-state index is 13.7. The second-order valence-electron chi connectivity index (χ2n) is 8.06. The Hall–Kier alpha value is -1.67. The van der Waals surface area contributed by atoms with E-state index in [9.17, 15) is 4.79 Å². The number of morpholine rings is 1. The number of benzene rings is 1. The van der Waals surface area contributed by atoms with Gasteiger partial charge in [0.1, 0.15) is 4.83 Å². The first-order valence-corrected chi connectivity index (χ1v) is 12.6. The van der Waals surface area contributed by atoms with Crippen molar-refractivity contribution < 1.29 is 4.74 Å². The van der Waals surface area contributed by atoms with Gasteiger partial charge in [-0.05, 0) is 50.3 Å². The molecule has 0 amide bonds. The quantitative estimate of drug-likeness (QED) is 0.441. The molecule has 2 aromatic heterocycles. The van der Waals surface area contributed by atoms with E-state index in [1.807, 2.05) is 16.7 Å². The standard InChI is InChI=1S/C23H27N3O2S2/c1-16-6-8-17(9-7-16)26-22(27)20-18-4-2-3-5-19(18)30-21(20)24-23(26)29-15-12-25-10-13-28-14-11-25/h6-9H,2-5,10-15H2,1H3.